The van der Waals surface area contributed by atoms with Gasteiger partial charge in [0, 0.05) is 26.2 Å². The van der Waals surface area contributed by atoms with Gasteiger partial charge in [0.15, 0.2) is 0 Å². The number of rotatable bonds is 5. The second kappa shape index (κ2) is 6.72. The van der Waals surface area contributed by atoms with Crippen LogP contribution in [0.1, 0.15) is 6.92 Å². The molecule has 0 spiro atoms. The molecule has 0 radical (unpaired) electrons. The van der Waals surface area contributed by atoms with Crippen LogP contribution in [0.15, 0.2) is 24.3 Å². The summed E-state index contributed by atoms with van der Waals surface area (Å²) in [5.74, 6) is -1.17. The molecule has 5 nitrogen and oxygen atoms in total. The first-order valence-corrected chi connectivity index (χ1v) is 5.75. The van der Waals surface area contributed by atoms with Gasteiger partial charge < -0.3 is 15.0 Å². The number of likely N-dealkylation sites (N-methyl/N-ethyl adjacent to an activating group) is 1. The van der Waals surface area contributed by atoms with Crippen molar-refractivity contribution in [2.24, 2.45) is 0 Å². The lowest BCUT2D eigenvalue weighted by Gasteiger charge is -2.24. The number of amides is 1. The average molecular weight is 268 g/mol. The van der Waals surface area contributed by atoms with E-state index in [0.717, 1.165) is 5.69 Å². The summed E-state index contributed by atoms with van der Waals surface area (Å²) in [5, 5.41) is 2.51. The second-order valence-corrected chi connectivity index (χ2v) is 4.13. The minimum absolute atomic E-state index is 0.234. The van der Waals surface area contributed by atoms with Crippen LogP contribution in [0, 0.1) is 5.82 Å². The Labute approximate surface area is 111 Å². The van der Waals surface area contributed by atoms with Crippen molar-refractivity contribution in [1.82, 2.24) is 5.32 Å². The first-order valence-electron chi connectivity index (χ1n) is 5.75. The standard InChI is InChI=1S/C13H17FN2O3/c1-9(17)15-12(13(18)19-3)8-16(2)11-6-4-10(14)5-7-11/h4-7,12H,8H2,1-3H3,(H,15,17). The molecule has 1 unspecified atom stereocenters. The van der Waals surface area contributed by atoms with Gasteiger partial charge in [-0.2, -0.15) is 0 Å². The number of ether oxygens (including phenoxy) is 1. The highest BCUT2D eigenvalue weighted by Crippen LogP contribution is 2.13. The number of nitrogens with one attached hydrogen (secondary N) is 1. The van der Waals surface area contributed by atoms with E-state index in [0.29, 0.717) is 0 Å². The molecule has 0 aliphatic heterocycles. The molecule has 6 heteroatoms. The van der Waals surface area contributed by atoms with Crippen LogP contribution in [-0.4, -0.2) is 38.6 Å². The Kier molecular flexibility index (Phi) is 5.29. The summed E-state index contributed by atoms with van der Waals surface area (Å²) in [4.78, 5) is 24.3. The topological polar surface area (TPSA) is 58.6 Å². The van der Waals surface area contributed by atoms with Crippen molar-refractivity contribution in [3.8, 4) is 0 Å². The third-order valence-corrected chi connectivity index (χ3v) is 2.59. The van der Waals surface area contributed by atoms with Crippen LogP contribution in [0.4, 0.5) is 10.1 Å². The van der Waals surface area contributed by atoms with Gasteiger partial charge in [0.2, 0.25) is 5.91 Å². The molecular weight excluding hydrogens is 251 g/mol. The molecule has 1 rings (SSSR count). The summed E-state index contributed by atoms with van der Waals surface area (Å²) < 4.78 is 17.4. The van der Waals surface area contributed by atoms with Gasteiger partial charge in [-0.25, -0.2) is 9.18 Å². The maximum atomic E-state index is 12.8. The second-order valence-electron chi connectivity index (χ2n) is 4.13. The quantitative estimate of drug-likeness (QED) is 0.807. The van der Waals surface area contributed by atoms with E-state index in [2.05, 4.69) is 10.1 Å². The summed E-state index contributed by atoms with van der Waals surface area (Å²) in [6.45, 7) is 1.56. The monoisotopic (exact) mass is 268 g/mol. The third kappa shape index (κ3) is 4.57. The van der Waals surface area contributed by atoms with Gasteiger partial charge in [0.25, 0.3) is 0 Å². The highest BCUT2D eigenvalue weighted by Gasteiger charge is 2.22. The first-order chi connectivity index (χ1) is 8.93. The minimum Gasteiger partial charge on any atom is -0.467 e. The van der Waals surface area contributed by atoms with Gasteiger partial charge >= 0.3 is 5.97 Å². The number of hydrogen-bond acceptors (Lipinski definition) is 4. The van der Waals surface area contributed by atoms with Gasteiger partial charge in [0.1, 0.15) is 11.9 Å². The molecule has 0 fully saturated rings. The van der Waals surface area contributed by atoms with Crippen molar-refractivity contribution in [3.63, 3.8) is 0 Å². The molecule has 0 aliphatic carbocycles. The van der Waals surface area contributed by atoms with Crippen LogP contribution in [0.2, 0.25) is 0 Å². The van der Waals surface area contributed by atoms with Crippen molar-refractivity contribution in [1.29, 1.82) is 0 Å². The van der Waals surface area contributed by atoms with Crippen LogP contribution in [0.3, 0.4) is 0 Å². The maximum absolute atomic E-state index is 12.8. The van der Waals surface area contributed by atoms with E-state index in [1.165, 1.54) is 26.2 Å². The van der Waals surface area contributed by atoms with Crippen molar-refractivity contribution in [2.75, 3.05) is 25.6 Å². The molecule has 0 aliphatic rings. The Hall–Kier alpha value is -2.11. The third-order valence-electron chi connectivity index (χ3n) is 2.59. The van der Waals surface area contributed by atoms with Crippen molar-refractivity contribution in [3.05, 3.63) is 30.1 Å². The number of anilines is 1. The zero-order valence-corrected chi connectivity index (χ0v) is 11.1. The molecule has 1 aromatic carbocycles. The zero-order chi connectivity index (χ0) is 14.4. The normalized spacial score (nSPS) is 11.6. The highest BCUT2D eigenvalue weighted by molar-refractivity contribution is 5.83. The van der Waals surface area contributed by atoms with E-state index in [9.17, 15) is 14.0 Å². The first kappa shape index (κ1) is 14.9. The van der Waals surface area contributed by atoms with Gasteiger partial charge in [0.05, 0.1) is 7.11 Å². The minimum atomic E-state index is -0.766. The average Bonchev–Trinajstić information content (AvgIpc) is 2.37. The molecule has 0 heterocycles. The van der Waals surface area contributed by atoms with Crippen LogP contribution >= 0.6 is 0 Å². The van der Waals surface area contributed by atoms with Crippen molar-refractivity contribution < 1.29 is 18.7 Å². The summed E-state index contributed by atoms with van der Waals surface area (Å²) in [7, 11) is 3.00. The predicted molar refractivity (Wildman–Crippen MR) is 69.3 cm³/mol. The molecular formula is C13H17FN2O3. The Balaban J connectivity index is 2.75. The fourth-order valence-corrected chi connectivity index (χ4v) is 1.64. The van der Waals surface area contributed by atoms with E-state index >= 15 is 0 Å². The molecule has 1 N–H and O–H groups in total. The van der Waals surface area contributed by atoms with Crippen molar-refractivity contribution >= 4 is 17.6 Å². The van der Waals surface area contributed by atoms with E-state index in [1.807, 2.05) is 0 Å². The Bertz CT molecular complexity index is 448. The number of esters is 1. The Morgan fingerprint density at radius 1 is 1.37 bits per heavy atom. The van der Waals surface area contributed by atoms with E-state index in [-0.39, 0.29) is 18.3 Å². The molecule has 0 bridgehead atoms. The number of methoxy groups -OCH3 is 1. The number of nitrogens with zero attached hydrogens (tertiary/aromatic N) is 1. The summed E-state index contributed by atoms with van der Waals surface area (Å²) in [6, 6.07) is 5.08. The van der Waals surface area contributed by atoms with Gasteiger partial charge in [-0.05, 0) is 24.3 Å². The van der Waals surface area contributed by atoms with E-state index in [4.69, 9.17) is 0 Å². The molecule has 1 atom stereocenters. The summed E-state index contributed by atoms with van der Waals surface area (Å²) in [5.41, 5.74) is 0.737. The van der Waals surface area contributed by atoms with E-state index in [1.54, 1.807) is 24.1 Å². The van der Waals surface area contributed by atoms with Gasteiger partial charge in [-0.1, -0.05) is 0 Å². The fraction of sp³-hybridized carbons (Fsp3) is 0.385. The number of benzene rings is 1. The predicted octanol–water partition coefficient (Wildman–Crippen LogP) is 0.940. The molecule has 1 amide bonds. The van der Waals surface area contributed by atoms with Crippen LogP contribution < -0.4 is 10.2 Å². The maximum Gasteiger partial charge on any atom is 0.330 e. The molecule has 104 valence electrons. The van der Waals surface area contributed by atoms with Gasteiger partial charge in [-0.3, -0.25) is 4.79 Å². The van der Waals surface area contributed by atoms with Crippen molar-refractivity contribution in [2.45, 2.75) is 13.0 Å². The molecule has 0 aromatic heterocycles. The number of carbonyl (C=O) groups is 2. The molecule has 0 saturated heterocycles. The lowest BCUT2D eigenvalue weighted by molar-refractivity contribution is -0.144. The zero-order valence-electron chi connectivity index (χ0n) is 11.1. The molecule has 1 aromatic rings. The molecule has 0 saturated carbocycles. The number of carbonyl (C=O) groups excluding carboxylic acids is 2. The highest BCUT2D eigenvalue weighted by atomic mass is 19.1. The summed E-state index contributed by atoms with van der Waals surface area (Å²) >= 11 is 0. The van der Waals surface area contributed by atoms with Crippen LogP contribution in [-0.2, 0) is 14.3 Å². The SMILES string of the molecule is COC(=O)C(CN(C)c1ccc(F)cc1)NC(C)=O. The Morgan fingerprint density at radius 3 is 2.42 bits per heavy atom. The van der Waals surface area contributed by atoms with Crippen LogP contribution in [0.5, 0.6) is 0 Å². The lowest BCUT2D eigenvalue weighted by Crippen LogP contribution is -2.47. The summed E-state index contributed by atoms with van der Waals surface area (Å²) in [6.07, 6.45) is 0. The van der Waals surface area contributed by atoms with E-state index < -0.39 is 12.0 Å². The largest absolute Gasteiger partial charge is 0.467 e. The number of halogens is 1. The van der Waals surface area contributed by atoms with Gasteiger partial charge in [-0.15, -0.1) is 0 Å². The molecule has 19 heavy (non-hydrogen) atoms. The fourth-order valence-electron chi connectivity index (χ4n) is 1.64. The number of hydrogen-bond donors (Lipinski definition) is 1. The smallest absolute Gasteiger partial charge is 0.330 e. The lowest BCUT2D eigenvalue weighted by atomic mass is 10.2. The van der Waals surface area contributed by atoms with Crippen LogP contribution in [0.25, 0.3) is 0 Å². The Morgan fingerprint density at radius 2 is 1.95 bits per heavy atom.